The second kappa shape index (κ2) is 21.6. The zero-order chi connectivity index (χ0) is 33.8. The molecule has 1 rings (SSSR count). The van der Waals surface area contributed by atoms with Crippen LogP contribution in [0, 0.1) is 11.3 Å². The number of nitrogens with zero attached hydrogens (tertiary/aromatic N) is 1. The van der Waals surface area contributed by atoms with E-state index in [1.54, 1.807) is 34.6 Å². The van der Waals surface area contributed by atoms with E-state index in [1.807, 2.05) is 0 Å². The normalized spacial score (nSPS) is 14.8. The molecule has 45 heavy (non-hydrogen) atoms. The number of nitrogens with one attached hydrogen (secondary N) is 3. The molecule has 0 aromatic carbocycles. The SMILES string of the molecule is CC(C)C(NC(=O)CCOCCOCCOCCOCCN1C(=O)CCC1=O)C(=O)N[C@@H](CCCNC(N)=O)C(=O)C(C)(C)C. The van der Waals surface area contributed by atoms with Crippen molar-refractivity contribution in [2.24, 2.45) is 17.1 Å². The number of ether oxygens (including phenoxy) is 4. The highest BCUT2D eigenvalue weighted by molar-refractivity contribution is 6.01. The molecule has 15 heteroatoms. The van der Waals surface area contributed by atoms with Crippen molar-refractivity contribution >= 4 is 35.4 Å². The summed E-state index contributed by atoms with van der Waals surface area (Å²) in [5.41, 5.74) is 4.39. The Balaban J connectivity index is 2.22. The van der Waals surface area contributed by atoms with E-state index in [4.69, 9.17) is 24.7 Å². The number of rotatable bonds is 24. The summed E-state index contributed by atoms with van der Waals surface area (Å²) in [6.07, 6.45) is 1.33. The molecule has 1 aliphatic rings. The molecular formula is C30H53N5O10. The van der Waals surface area contributed by atoms with Gasteiger partial charge >= 0.3 is 6.03 Å². The Hall–Kier alpha value is -3.14. The van der Waals surface area contributed by atoms with Crippen molar-refractivity contribution in [2.75, 3.05) is 65.9 Å². The summed E-state index contributed by atoms with van der Waals surface area (Å²) in [4.78, 5) is 73.8. The van der Waals surface area contributed by atoms with Crippen LogP contribution in [0.4, 0.5) is 4.79 Å². The smallest absolute Gasteiger partial charge is 0.312 e. The lowest BCUT2D eigenvalue weighted by Gasteiger charge is -2.28. The summed E-state index contributed by atoms with van der Waals surface area (Å²) in [7, 11) is 0. The van der Waals surface area contributed by atoms with Gasteiger partial charge in [-0.1, -0.05) is 34.6 Å². The Bertz CT molecular complexity index is 953. The van der Waals surface area contributed by atoms with Crippen molar-refractivity contribution in [2.45, 2.75) is 78.8 Å². The van der Waals surface area contributed by atoms with Gasteiger partial charge in [0.1, 0.15) is 6.04 Å². The molecule has 0 spiro atoms. The second-order valence-electron chi connectivity index (χ2n) is 12.0. The lowest BCUT2D eigenvalue weighted by atomic mass is 9.84. The Kier molecular flexibility index (Phi) is 19.1. The Morgan fingerprint density at radius 1 is 0.822 bits per heavy atom. The monoisotopic (exact) mass is 643 g/mol. The minimum absolute atomic E-state index is 0.0445. The number of likely N-dealkylation sites (tertiary alicyclic amines) is 1. The number of nitrogens with two attached hydrogens (primary N) is 1. The molecule has 258 valence electrons. The molecule has 0 aromatic rings. The van der Waals surface area contributed by atoms with E-state index in [2.05, 4.69) is 16.0 Å². The lowest BCUT2D eigenvalue weighted by molar-refractivity contribution is -0.139. The van der Waals surface area contributed by atoms with Crippen LogP contribution >= 0.6 is 0 Å². The quantitative estimate of drug-likeness (QED) is 0.0835. The maximum atomic E-state index is 13.1. The number of primary amides is 1. The fourth-order valence-electron chi connectivity index (χ4n) is 4.31. The lowest BCUT2D eigenvalue weighted by Crippen LogP contribution is -2.55. The molecule has 0 aromatic heterocycles. The molecule has 6 amide bonds. The predicted octanol–water partition coefficient (Wildman–Crippen LogP) is 0.281. The topological polar surface area (TPSA) is 205 Å². The van der Waals surface area contributed by atoms with Gasteiger partial charge in [-0.25, -0.2) is 4.79 Å². The van der Waals surface area contributed by atoms with Crippen molar-refractivity contribution in [3.05, 3.63) is 0 Å². The highest BCUT2D eigenvalue weighted by Gasteiger charge is 2.33. The van der Waals surface area contributed by atoms with Gasteiger partial charge < -0.3 is 40.6 Å². The maximum absolute atomic E-state index is 13.1. The van der Waals surface area contributed by atoms with Gasteiger partial charge in [-0.2, -0.15) is 0 Å². The summed E-state index contributed by atoms with van der Waals surface area (Å²) in [6.45, 7) is 11.8. The second-order valence-corrected chi connectivity index (χ2v) is 12.0. The van der Waals surface area contributed by atoms with E-state index < -0.39 is 29.4 Å². The van der Waals surface area contributed by atoms with Crippen molar-refractivity contribution in [3.63, 3.8) is 0 Å². The van der Waals surface area contributed by atoms with E-state index in [-0.39, 0.29) is 81.6 Å². The number of imide groups is 1. The molecule has 0 saturated carbocycles. The van der Waals surface area contributed by atoms with Crippen LogP contribution < -0.4 is 21.7 Å². The zero-order valence-electron chi connectivity index (χ0n) is 27.4. The zero-order valence-corrected chi connectivity index (χ0v) is 27.4. The molecule has 5 N–H and O–H groups in total. The van der Waals surface area contributed by atoms with Crippen LogP contribution in [0.1, 0.15) is 66.7 Å². The molecule has 1 aliphatic heterocycles. The number of carbonyl (C=O) groups excluding carboxylic acids is 6. The molecule has 1 saturated heterocycles. The van der Waals surface area contributed by atoms with Crippen LogP contribution in [-0.4, -0.2) is 118 Å². The van der Waals surface area contributed by atoms with Gasteiger partial charge in [-0.05, 0) is 18.8 Å². The fraction of sp³-hybridized carbons (Fsp3) is 0.800. The Morgan fingerprint density at radius 3 is 1.82 bits per heavy atom. The number of urea groups is 1. The van der Waals surface area contributed by atoms with Gasteiger partial charge in [0.2, 0.25) is 23.6 Å². The van der Waals surface area contributed by atoms with Crippen LogP contribution in [-0.2, 0) is 42.9 Å². The van der Waals surface area contributed by atoms with Gasteiger partial charge in [0.05, 0.1) is 65.4 Å². The van der Waals surface area contributed by atoms with Crippen molar-refractivity contribution in [3.8, 4) is 0 Å². The first kappa shape index (κ1) is 39.9. The van der Waals surface area contributed by atoms with E-state index >= 15 is 0 Å². The number of ketones is 1. The van der Waals surface area contributed by atoms with E-state index in [9.17, 15) is 28.8 Å². The van der Waals surface area contributed by atoms with Crippen LogP contribution in [0.3, 0.4) is 0 Å². The number of Topliss-reactive ketones (excluding diaryl/α,β-unsaturated/α-hetero) is 1. The first-order chi connectivity index (χ1) is 21.2. The van der Waals surface area contributed by atoms with Crippen LogP contribution in [0.5, 0.6) is 0 Å². The van der Waals surface area contributed by atoms with Crippen LogP contribution in [0.25, 0.3) is 0 Å². The summed E-state index contributed by atoms with van der Waals surface area (Å²) < 4.78 is 21.7. The summed E-state index contributed by atoms with van der Waals surface area (Å²) in [5.74, 6) is -1.51. The van der Waals surface area contributed by atoms with Gasteiger partial charge in [-0.15, -0.1) is 0 Å². The van der Waals surface area contributed by atoms with Crippen molar-refractivity contribution in [1.82, 2.24) is 20.9 Å². The van der Waals surface area contributed by atoms with E-state index in [1.165, 1.54) is 4.90 Å². The van der Waals surface area contributed by atoms with Crippen LogP contribution in [0.2, 0.25) is 0 Å². The highest BCUT2D eigenvalue weighted by Crippen LogP contribution is 2.19. The third-order valence-corrected chi connectivity index (χ3v) is 6.81. The van der Waals surface area contributed by atoms with Gasteiger partial charge in [0.15, 0.2) is 5.78 Å². The molecule has 0 aliphatic carbocycles. The number of hydrogen-bond acceptors (Lipinski definition) is 10. The van der Waals surface area contributed by atoms with E-state index in [0.717, 1.165) is 0 Å². The summed E-state index contributed by atoms with van der Waals surface area (Å²) in [5, 5.41) is 8.00. The third-order valence-electron chi connectivity index (χ3n) is 6.81. The van der Waals surface area contributed by atoms with Gasteiger partial charge in [0.25, 0.3) is 0 Å². The molecule has 0 bridgehead atoms. The average Bonchev–Trinajstić information content (AvgIpc) is 3.28. The summed E-state index contributed by atoms with van der Waals surface area (Å²) in [6, 6.07) is -2.28. The van der Waals surface area contributed by atoms with Gasteiger partial charge in [0, 0.05) is 31.2 Å². The third kappa shape index (κ3) is 17.2. The van der Waals surface area contributed by atoms with Gasteiger partial charge in [-0.3, -0.25) is 28.9 Å². The highest BCUT2D eigenvalue weighted by atomic mass is 16.6. The van der Waals surface area contributed by atoms with Crippen LogP contribution in [0.15, 0.2) is 0 Å². The number of hydrogen-bond donors (Lipinski definition) is 4. The average molecular weight is 644 g/mol. The molecular weight excluding hydrogens is 590 g/mol. The first-order valence-corrected chi connectivity index (χ1v) is 15.6. The minimum Gasteiger partial charge on any atom is -0.379 e. The Morgan fingerprint density at radius 2 is 1.33 bits per heavy atom. The molecule has 15 nitrogen and oxygen atoms in total. The molecule has 1 unspecified atom stereocenters. The number of amides is 6. The van der Waals surface area contributed by atoms with E-state index in [0.29, 0.717) is 45.9 Å². The first-order valence-electron chi connectivity index (χ1n) is 15.6. The predicted molar refractivity (Wildman–Crippen MR) is 164 cm³/mol. The largest absolute Gasteiger partial charge is 0.379 e. The van der Waals surface area contributed by atoms with Crippen molar-refractivity contribution < 1.29 is 47.7 Å². The Labute approximate surface area is 265 Å². The molecule has 1 fully saturated rings. The minimum atomic E-state index is -0.844. The molecule has 1 heterocycles. The molecule has 0 radical (unpaired) electrons. The molecule has 2 atom stereocenters. The fourth-order valence-corrected chi connectivity index (χ4v) is 4.31. The summed E-state index contributed by atoms with van der Waals surface area (Å²) >= 11 is 0. The standard InChI is InChI=1S/C30H53N5O10/c1-21(2)26(28(40)33-22(27(39)30(3,4)5)7-6-11-32-29(31)41)34-23(36)10-13-42-15-17-44-19-20-45-18-16-43-14-12-35-24(37)8-9-25(35)38/h21-22,26H,6-20H2,1-5H3,(H,33,40)(H,34,36)(H3,31,32,41)/t22-,26?/m0/s1. The van der Waals surface area contributed by atoms with Crippen molar-refractivity contribution in [1.29, 1.82) is 0 Å². The number of carbonyl (C=O) groups is 6. The maximum Gasteiger partial charge on any atom is 0.312 e.